The summed E-state index contributed by atoms with van der Waals surface area (Å²) in [5, 5.41) is 9.51. The van der Waals surface area contributed by atoms with Gasteiger partial charge in [0.15, 0.2) is 0 Å². The van der Waals surface area contributed by atoms with E-state index >= 15 is 0 Å². The lowest BCUT2D eigenvalue weighted by Crippen LogP contribution is -2.54. The maximum atomic E-state index is 13.3. The van der Waals surface area contributed by atoms with Crippen molar-refractivity contribution in [1.29, 1.82) is 0 Å². The maximum absolute atomic E-state index is 13.3. The molecule has 4 nitrogen and oxygen atoms in total. The van der Waals surface area contributed by atoms with Gasteiger partial charge in [-0.1, -0.05) is 24.3 Å². The van der Waals surface area contributed by atoms with E-state index in [0.29, 0.717) is 37.7 Å². The van der Waals surface area contributed by atoms with Crippen LogP contribution in [-0.4, -0.2) is 52.5 Å². The molecule has 2 atom stereocenters. The van der Waals surface area contributed by atoms with E-state index in [-0.39, 0.29) is 35.2 Å². The standard InChI is InChI=1S/C23H29Cl2NO3/c24-10-12-26(13-11-25)23(17-4-2-1-3-5-17)22-20(28)14-18(15-21(22)29)16-6-8-19(27)9-7-16/h1-2,6-9,17-18,22-23,27H,3-5,10-15H2. The second kappa shape index (κ2) is 10.6. The van der Waals surface area contributed by atoms with Crippen LogP contribution in [0.3, 0.4) is 0 Å². The number of carbonyl (C=O) groups is 2. The minimum absolute atomic E-state index is 0.0213. The molecule has 0 aliphatic heterocycles. The molecule has 0 spiro atoms. The Morgan fingerprint density at radius 2 is 1.62 bits per heavy atom. The van der Waals surface area contributed by atoms with Gasteiger partial charge in [0, 0.05) is 43.7 Å². The number of allylic oxidation sites excluding steroid dienone is 2. The summed E-state index contributed by atoms with van der Waals surface area (Å²) in [6.07, 6.45) is 7.88. The van der Waals surface area contributed by atoms with Crippen molar-refractivity contribution in [2.75, 3.05) is 24.8 Å². The molecule has 0 bridgehead atoms. The zero-order valence-corrected chi connectivity index (χ0v) is 18.1. The SMILES string of the molecule is O=C1CC(c2ccc(O)cc2)CC(=O)C1C(C1CC=CCC1)N(CCCl)CCCl. The van der Waals surface area contributed by atoms with E-state index < -0.39 is 5.92 Å². The average Bonchev–Trinajstić information content (AvgIpc) is 2.72. The highest BCUT2D eigenvalue weighted by Crippen LogP contribution is 2.39. The molecule has 2 aliphatic carbocycles. The van der Waals surface area contributed by atoms with Crippen molar-refractivity contribution in [3.8, 4) is 5.75 Å². The number of alkyl halides is 2. The topological polar surface area (TPSA) is 57.6 Å². The van der Waals surface area contributed by atoms with Gasteiger partial charge in [-0.2, -0.15) is 0 Å². The summed E-state index contributed by atoms with van der Waals surface area (Å²) in [4.78, 5) is 28.7. The number of nitrogens with zero attached hydrogens (tertiary/aromatic N) is 1. The summed E-state index contributed by atoms with van der Waals surface area (Å²) in [6.45, 7) is 1.25. The lowest BCUT2D eigenvalue weighted by Gasteiger charge is -2.43. The van der Waals surface area contributed by atoms with E-state index in [4.69, 9.17) is 23.2 Å². The Morgan fingerprint density at radius 1 is 1.00 bits per heavy atom. The number of phenolic OH excluding ortho intramolecular Hbond substituents is 1. The largest absolute Gasteiger partial charge is 0.508 e. The van der Waals surface area contributed by atoms with Crippen molar-refractivity contribution in [2.24, 2.45) is 11.8 Å². The van der Waals surface area contributed by atoms with E-state index in [1.165, 1.54) is 0 Å². The van der Waals surface area contributed by atoms with Crippen LogP contribution < -0.4 is 0 Å². The zero-order valence-electron chi connectivity index (χ0n) is 16.6. The number of Topliss-reactive ketones (excluding diaryl/α,β-unsaturated/α-hetero) is 2. The van der Waals surface area contributed by atoms with Crippen LogP contribution in [0, 0.1) is 11.8 Å². The Balaban J connectivity index is 1.85. The highest BCUT2D eigenvalue weighted by atomic mass is 35.5. The van der Waals surface area contributed by atoms with Crippen molar-refractivity contribution in [3.63, 3.8) is 0 Å². The number of aromatic hydroxyl groups is 1. The summed E-state index contributed by atoms with van der Waals surface area (Å²) in [5.41, 5.74) is 0.929. The normalized spacial score (nSPS) is 26.1. The minimum atomic E-state index is -0.605. The predicted octanol–water partition coefficient (Wildman–Crippen LogP) is 4.53. The van der Waals surface area contributed by atoms with Crippen LogP contribution in [0.5, 0.6) is 5.75 Å². The van der Waals surface area contributed by atoms with E-state index in [1.807, 2.05) is 0 Å². The third-order valence-electron chi connectivity index (χ3n) is 6.25. The maximum Gasteiger partial charge on any atom is 0.145 e. The molecule has 1 fully saturated rings. The van der Waals surface area contributed by atoms with Gasteiger partial charge in [-0.25, -0.2) is 0 Å². The van der Waals surface area contributed by atoms with Gasteiger partial charge in [-0.05, 0) is 48.8 Å². The number of rotatable bonds is 8. The van der Waals surface area contributed by atoms with Crippen LogP contribution in [0.4, 0.5) is 0 Å². The number of hydrogen-bond donors (Lipinski definition) is 1. The first kappa shape index (κ1) is 22.3. The number of hydrogen-bond acceptors (Lipinski definition) is 4. The molecule has 2 unspecified atom stereocenters. The summed E-state index contributed by atoms with van der Waals surface area (Å²) < 4.78 is 0. The van der Waals surface area contributed by atoms with Crippen LogP contribution in [0.25, 0.3) is 0 Å². The van der Waals surface area contributed by atoms with Crippen molar-refractivity contribution in [1.82, 2.24) is 4.90 Å². The summed E-state index contributed by atoms with van der Waals surface area (Å²) in [5.74, 6) is 0.654. The van der Waals surface area contributed by atoms with Gasteiger partial charge in [0.1, 0.15) is 17.3 Å². The lowest BCUT2D eigenvalue weighted by molar-refractivity contribution is -0.140. The Hall–Kier alpha value is -1.36. The minimum Gasteiger partial charge on any atom is -0.508 e. The van der Waals surface area contributed by atoms with Crippen LogP contribution >= 0.6 is 23.2 Å². The molecule has 0 radical (unpaired) electrons. The molecule has 1 aromatic rings. The van der Waals surface area contributed by atoms with E-state index in [0.717, 1.165) is 24.8 Å². The van der Waals surface area contributed by atoms with Gasteiger partial charge in [-0.3, -0.25) is 14.5 Å². The third kappa shape index (κ3) is 5.42. The second-order valence-corrected chi connectivity index (χ2v) is 8.81. The fourth-order valence-electron chi connectivity index (χ4n) is 4.89. The fraction of sp³-hybridized carbons (Fsp3) is 0.565. The molecule has 1 N–H and O–H groups in total. The number of halogens is 2. The quantitative estimate of drug-likeness (QED) is 0.368. The van der Waals surface area contributed by atoms with Gasteiger partial charge in [-0.15, -0.1) is 23.2 Å². The molecule has 0 heterocycles. The molecule has 2 aliphatic rings. The molecule has 0 saturated heterocycles. The molecule has 1 aromatic carbocycles. The van der Waals surface area contributed by atoms with Crippen molar-refractivity contribution >= 4 is 34.8 Å². The summed E-state index contributed by atoms with van der Waals surface area (Å²) in [6, 6.07) is 6.68. The molecular formula is C23H29Cl2NO3. The molecule has 6 heteroatoms. The first-order valence-corrected chi connectivity index (χ1v) is 11.5. The first-order chi connectivity index (χ1) is 14.0. The summed E-state index contributed by atoms with van der Waals surface area (Å²) >= 11 is 12.1. The molecular weight excluding hydrogens is 409 g/mol. The average molecular weight is 438 g/mol. The Morgan fingerprint density at radius 3 is 2.14 bits per heavy atom. The first-order valence-electron chi connectivity index (χ1n) is 10.4. The molecule has 158 valence electrons. The Bertz CT molecular complexity index is 710. The highest BCUT2D eigenvalue weighted by Gasteiger charge is 2.45. The number of benzene rings is 1. The number of ketones is 2. The zero-order chi connectivity index (χ0) is 20.8. The lowest BCUT2D eigenvalue weighted by atomic mass is 9.69. The predicted molar refractivity (Wildman–Crippen MR) is 117 cm³/mol. The van der Waals surface area contributed by atoms with Crippen molar-refractivity contribution < 1.29 is 14.7 Å². The summed E-state index contributed by atoms with van der Waals surface area (Å²) in [7, 11) is 0. The third-order valence-corrected chi connectivity index (χ3v) is 6.59. The van der Waals surface area contributed by atoms with E-state index in [1.54, 1.807) is 24.3 Å². The Kier molecular flexibility index (Phi) is 8.16. The van der Waals surface area contributed by atoms with Crippen LogP contribution in [0.2, 0.25) is 0 Å². The van der Waals surface area contributed by atoms with Crippen LogP contribution in [0.15, 0.2) is 36.4 Å². The molecule has 29 heavy (non-hydrogen) atoms. The number of phenols is 1. The van der Waals surface area contributed by atoms with Gasteiger partial charge >= 0.3 is 0 Å². The second-order valence-electron chi connectivity index (χ2n) is 8.06. The van der Waals surface area contributed by atoms with Crippen LogP contribution in [0.1, 0.15) is 43.6 Å². The van der Waals surface area contributed by atoms with Crippen LogP contribution in [-0.2, 0) is 9.59 Å². The van der Waals surface area contributed by atoms with Gasteiger partial charge in [0.2, 0.25) is 0 Å². The number of carbonyl (C=O) groups excluding carboxylic acids is 2. The van der Waals surface area contributed by atoms with Gasteiger partial charge in [0.05, 0.1) is 5.92 Å². The van der Waals surface area contributed by atoms with Crippen molar-refractivity contribution in [3.05, 3.63) is 42.0 Å². The molecule has 0 amide bonds. The fourth-order valence-corrected chi connectivity index (χ4v) is 5.32. The van der Waals surface area contributed by atoms with Gasteiger partial charge in [0.25, 0.3) is 0 Å². The highest BCUT2D eigenvalue weighted by molar-refractivity contribution is 6.18. The van der Waals surface area contributed by atoms with E-state index in [9.17, 15) is 14.7 Å². The Labute approximate surface area is 182 Å². The molecule has 0 aromatic heterocycles. The molecule has 1 saturated carbocycles. The van der Waals surface area contributed by atoms with E-state index in [2.05, 4.69) is 17.1 Å². The van der Waals surface area contributed by atoms with Gasteiger partial charge < -0.3 is 5.11 Å². The van der Waals surface area contributed by atoms with Crippen molar-refractivity contribution in [2.45, 2.75) is 44.1 Å². The smallest absolute Gasteiger partial charge is 0.145 e. The molecule has 3 rings (SSSR count). The monoisotopic (exact) mass is 437 g/mol.